The number of hydrogen-bond donors (Lipinski definition) is 1. The van der Waals surface area contributed by atoms with Crippen molar-refractivity contribution in [2.75, 3.05) is 25.1 Å². The van der Waals surface area contributed by atoms with Gasteiger partial charge in [0.05, 0.1) is 18.5 Å². The van der Waals surface area contributed by atoms with Crippen LogP contribution < -0.4 is 15.2 Å². The second-order valence-corrected chi connectivity index (χ2v) is 7.00. The normalized spacial score (nSPS) is 14.6. The highest BCUT2D eigenvalue weighted by molar-refractivity contribution is 6.00. The van der Waals surface area contributed by atoms with Gasteiger partial charge in [-0.3, -0.25) is 4.79 Å². The van der Waals surface area contributed by atoms with E-state index in [9.17, 15) is 4.79 Å². The van der Waals surface area contributed by atoms with Crippen molar-refractivity contribution in [2.45, 2.75) is 26.2 Å². The molecule has 2 heterocycles. The molecular formula is C22H24N2O2. The first-order valence-electron chi connectivity index (χ1n) is 9.23. The van der Waals surface area contributed by atoms with E-state index >= 15 is 0 Å². The molecule has 0 saturated carbocycles. The van der Waals surface area contributed by atoms with Gasteiger partial charge < -0.3 is 14.6 Å². The van der Waals surface area contributed by atoms with Crippen LogP contribution >= 0.6 is 0 Å². The standard InChI is InChI=1S/C22H24N2O2/c1-15-6-11-18-19(14-15)22(25)23-20(16-7-9-17(26-2)10-8-16)21(18)24-12-4-3-5-13-24/h6-11,14H,3-5,12-13H2,1-2H3,(H,23,25). The minimum absolute atomic E-state index is 0.0322. The molecule has 3 aromatic rings. The minimum atomic E-state index is -0.0322. The van der Waals surface area contributed by atoms with Crippen LogP contribution in [0.1, 0.15) is 24.8 Å². The fraction of sp³-hybridized carbons (Fsp3) is 0.318. The van der Waals surface area contributed by atoms with E-state index in [-0.39, 0.29) is 5.56 Å². The maximum absolute atomic E-state index is 12.8. The van der Waals surface area contributed by atoms with Crippen LogP contribution in [-0.2, 0) is 0 Å². The van der Waals surface area contributed by atoms with Crippen LogP contribution in [0.2, 0.25) is 0 Å². The van der Waals surface area contributed by atoms with Crippen molar-refractivity contribution in [3.63, 3.8) is 0 Å². The van der Waals surface area contributed by atoms with E-state index in [1.165, 1.54) is 19.3 Å². The molecule has 0 radical (unpaired) electrons. The number of anilines is 1. The van der Waals surface area contributed by atoms with Crippen LogP contribution in [0.15, 0.2) is 47.3 Å². The van der Waals surface area contributed by atoms with Gasteiger partial charge in [0.2, 0.25) is 0 Å². The zero-order valence-corrected chi connectivity index (χ0v) is 15.3. The van der Waals surface area contributed by atoms with Gasteiger partial charge >= 0.3 is 0 Å². The predicted octanol–water partition coefficient (Wildman–Crippen LogP) is 4.50. The summed E-state index contributed by atoms with van der Waals surface area (Å²) in [6, 6.07) is 14.1. The number of benzene rings is 2. The van der Waals surface area contributed by atoms with Crippen molar-refractivity contribution in [3.05, 3.63) is 58.4 Å². The molecule has 0 spiro atoms. The van der Waals surface area contributed by atoms with Gasteiger partial charge in [0.15, 0.2) is 0 Å². The summed E-state index contributed by atoms with van der Waals surface area (Å²) >= 11 is 0. The van der Waals surface area contributed by atoms with Gasteiger partial charge in [-0.25, -0.2) is 0 Å². The first-order chi connectivity index (χ1) is 12.7. The smallest absolute Gasteiger partial charge is 0.256 e. The molecule has 0 amide bonds. The average Bonchev–Trinajstić information content (AvgIpc) is 2.69. The van der Waals surface area contributed by atoms with Gasteiger partial charge in [0.25, 0.3) is 5.56 Å². The van der Waals surface area contributed by atoms with E-state index in [4.69, 9.17) is 4.74 Å². The number of rotatable bonds is 3. The summed E-state index contributed by atoms with van der Waals surface area (Å²) in [6.07, 6.45) is 3.65. The van der Waals surface area contributed by atoms with Crippen LogP contribution in [0.5, 0.6) is 5.75 Å². The third kappa shape index (κ3) is 2.96. The van der Waals surface area contributed by atoms with E-state index in [0.717, 1.165) is 52.1 Å². The fourth-order valence-electron chi connectivity index (χ4n) is 3.84. The Hall–Kier alpha value is -2.75. The summed E-state index contributed by atoms with van der Waals surface area (Å²) in [7, 11) is 1.66. The van der Waals surface area contributed by atoms with Gasteiger partial charge in [0, 0.05) is 29.4 Å². The van der Waals surface area contributed by atoms with Crippen LogP contribution in [-0.4, -0.2) is 25.2 Å². The number of ether oxygens (including phenoxy) is 1. The lowest BCUT2D eigenvalue weighted by Crippen LogP contribution is -2.31. The maximum atomic E-state index is 12.8. The Kier molecular flexibility index (Phi) is 4.41. The molecule has 2 aromatic carbocycles. The third-order valence-electron chi connectivity index (χ3n) is 5.20. The number of aromatic nitrogens is 1. The van der Waals surface area contributed by atoms with Crippen molar-refractivity contribution < 1.29 is 4.74 Å². The van der Waals surface area contributed by atoms with Crippen molar-refractivity contribution in [1.82, 2.24) is 4.98 Å². The summed E-state index contributed by atoms with van der Waals surface area (Å²) in [6.45, 7) is 4.08. The topological polar surface area (TPSA) is 45.3 Å². The third-order valence-corrected chi connectivity index (χ3v) is 5.20. The lowest BCUT2D eigenvalue weighted by Gasteiger charge is -2.31. The Balaban J connectivity index is 1.98. The van der Waals surface area contributed by atoms with Crippen LogP contribution in [0.4, 0.5) is 5.69 Å². The number of pyridine rings is 1. The van der Waals surface area contributed by atoms with Gasteiger partial charge in [0.1, 0.15) is 5.75 Å². The summed E-state index contributed by atoms with van der Waals surface area (Å²) in [4.78, 5) is 18.4. The summed E-state index contributed by atoms with van der Waals surface area (Å²) in [5, 5.41) is 1.80. The highest BCUT2D eigenvalue weighted by Gasteiger charge is 2.20. The van der Waals surface area contributed by atoms with Gasteiger partial charge in [-0.1, -0.05) is 17.7 Å². The summed E-state index contributed by atoms with van der Waals surface area (Å²) in [5.74, 6) is 0.812. The molecule has 134 valence electrons. The van der Waals surface area contributed by atoms with E-state index in [1.807, 2.05) is 37.3 Å². The molecule has 1 aliphatic heterocycles. The summed E-state index contributed by atoms with van der Waals surface area (Å²) in [5.41, 5.74) is 4.12. The van der Waals surface area contributed by atoms with Gasteiger partial charge in [-0.15, -0.1) is 0 Å². The van der Waals surface area contributed by atoms with Crippen LogP contribution in [0, 0.1) is 6.92 Å². The molecule has 1 saturated heterocycles. The number of piperidine rings is 1. The Morgan fingerprint density at radius 3 is 2.38 bits per heavy atom. The van der Waals surface area contributed by atoms with E-state index in [2.05, 4.69) is 22.0 Å². The number of nitrogens with zero attached hydrogens (tertiary/aromatic N) is 1. The molecule has 4 rings (SSSR count). The van der Waals surface area contributed by atoms with Crippen LogP contribution in [0.25, 0.3) is 22.0 Å². The van der Waals surface area contributed by atoms with Gasteiger partial charge in [-0.2, -0.15) is 0 Å². The zero-order chi connectivity index (χ0) is 18.1. The molecule has 26 heavy (non-hydrogen) atoms. The van der Waals surface area contributed by atoms with Crippen LogP contribution in [0.3, 0.4) is 0 Å². The highest BCUT2D eigenvalue weighted by atomic mass is 16.5. The molecule has 1 aliphatic rings. The molecular weight excluding hydrogens is 324 g/mol. The second kappa shape index (κ2) is 6.87. The lowest BCUT2D eigenvalue weighted by molar-refractivity contribution is 0.415. The number of fused-ring (bicyclic) bond motifs is 1. The van der Waals surface area contributed by atoms with E-state index in [1.54, 1.807) is 7.11 Å². The minimum Gasteiger partial charge on any atom is -0.497 e. The Bertz CT molecular complexity index is 983. The monoisotopic (exact) mass is 348 g/mol. The number of nitrogens with one attached hydrogen (secondary N) is 1. The quantitative estimate of drug-likeness (QED) is 0.758. The number of methoxy groups -OCH3 is 1. The van der Waals surface area contributed by atoms with Crippen molar-refractivity contribution in [1.29, 1.82) is 0 Å². The first kappa shape index (κ1) is 16.7. The Morgan fingerprint density at radius 2 is 1.69 bits per heavy atom. The first-order valence-corrected chi connectivity index (χ1v) is 9.23. The number of hydrogen-bond acceptors (Lipinski definition) is 3. The second-order valence-electron chi connectivity index (χ2n) is 7.00. The Labute approximate surface area is 153 Å². The Morgan fingerprint density at radius 1 is 0.962 bits per heavy atom. The van der Waals surface area contributed by atoms with Crippen molar-refractivity contribution in [3.8, 4) is 17.0 Å². The zero-order valence-electron chi connectivity index (χ0n) is 15.3. The fourth-order valence-corrected chi connectivity index (χ4v) is 3.84. The molecule has 0 atom stereocenters. The van der Waals surface area contributed by atoms with E-state index < -0.39 is 0 Å². The van der Waals surface area contributed by atoms with Crippen molar-refractivity contribution in [2.24, 2.45) is 0 Å². The molecule has 1 N–H and O–H groups in total. The molecule has 0 bridgehead atoms. The molecule has 0 aliphatic carbocycles. The predicted molar refractivity (Wildman–Crippen MR) is 107 cm³/mol. The SMILES string of the molecule is COc1ccc(-c2[nH]c(=O)c3cc(C)ccc3c2N2CCCCC2)cc1. The molecule has 1 fully saturated rings. The lowest BCUT2D eigenvalue weighted by atomic mass is 10.00. The molecule has 4 nitrogen and oxygen atoms in total. The molecule has 0 unspecified atom stereocenters. The number of H-pyrrole nitrogens is 1. The molecule has 1 aromatic heterocycles. The average molecular weight is 348 g/mol. The van der Waals surface area contributed by atoms with Crippen molar-refractivity contribution >= 4 is 16.5 Å². The van der Waals surface area contributed by atoms with Gasteiger partial charge in [-0.05, 0) is 56.5 Å². The maximum Gasteiger partial charge on any atom is 0.256 e. The summed E-state index contributed by atoms with van der Waals surface area (Å²) < 4.78 is 5.28. The highest BCUT2D eigenvalue weighted by Crippen LogP contribution is 2.36. The number of aryl methyl sites for hydroxylation is 1. The molecule has 4 heteroatoms. The van der Waals surface area contributed by atoms with E-state index in [0.29, 0.717) is 0 Å². The number of aromatic amines is 1. The largest absolute Gasteiger partial charge is 0.497 e.